The van der Waals surface area contributed by atoms with Gasteiger partial charge in [-0.25, -0.2) is 9.86 Å². The predicted molar refractivity (Wildman–Crippen MR) is 90.6 cm³/mol. The number of hydrogen-bond acceptors (Lipinski definition) is 4. The van der Waals surface area contributed by atoms with Crippen LogP contribution in [-0.2, 0) is 11.3 Å². The third kappa shape index (κ3) is 5.00. The fraction of sp³-hybridized carbons (Fsp3) is 0.222. The maximum absolute atomic E-state index is 11.7. The van der Waals surface area contributed by atoms with Crippen molar-refractivity contribution in [2.45, 2.75) is 6.42 Å². The first-order chi connectivity index (χ1) is 11.6. The lowest BCUT2D eigenvalue weighted by Crippen LogP contribution is -2.30. The maximum Gasteiger partial charge on any atom is 0.345 e. The molecule has 0 heterocycles. The second-order valence-corrected chi connectivity index (χ2v) is 5.05. The van der Waals surface area contributed by atoms with Gasteiger partial charge in [-0.2, -0.15) is 5.26 Å². The van der Waals surface area contributed by atoms with Crippen LogP contribution in [0.25, 0.3) is 0 Å². The van der Waals surface area contributed by atoms with Gasteiger partial charge in [0.15, 0.2) is 0 Å². The van der Waals surface area contributed by atoms with Gasteiger partial charge in [-0.05, 0) is 29.8 Å². The van der Waals surface area contributed by atoms with E-state index >= 15 is 0 Å². The fourth-order valence-electron chi connectivity index (χ4n) is 2.03. The number of carbonyl (C=O) groups is 1. The highest BCUT2D eigenvalue weighted by Gasteiger charge is 2.08. The zero-order valence-corrected chi connectivity index (χ0v) is 13.7. The standard InChI is InChI=1S/C18H19N3O3/c1-21(23-2)18(22)20-16-7-4-8-17(12-16)24-10-9-14-5-3-6-15(11-14)13-19/h3-8,11-12H,9-10H2,1-2H3,(H,20,22). The molecule has 2 aromatic carbocycles. The van der Waals surface area contributed by atoms with Gasteiger partial charge in [0.1, 0.15) is 5.75 Å². The highest BCUT2D eigenvalue weighted by atomic mass is 16.7. The van der Waals surface area contributed by atoms with Crippen molar-refractivity contribution >= 4 is 11.7 Å². The average molecular weight is 325 g/mol. The van der Waals surface area contributed by atoms with E-state index in [2.05, 4.69) is 11.4 Å². The number of anilines is 1. The molecule has 0 radical (unpaired) electrons. The lowest BCUT2D eigenvalue weighted by molar-refractivity contribution is -0.0598. The molecule has 1 N–H and O–H groups in total. The Morgan fingerprint density at radius 1 is 1.25 bits per heavy atom. The van der Waals surface area contributed by atoms with Crippen molar-refractivity contribution in [3.63, 3.8) is 0 Å². The zero-order chi connectivity index (χ0) is 17.4. The number of benzene rings is 2. The van der Waals surface area contributed by atoms with Gasteiger partial charge in [0, 0.05) is 25.2 Å². The van der Waals surface area contributed by atoms with Crippen LogP contribution < -0.4 is 10.1 Å². The number of ether oxygens (including phenoxy) is 1. The molecule has 24 heavy (non-hydrogen) atoms. The van der Waals surface area contributed by atoms with E-state index in [0.29, 0.717) is 30.0 Å². The number of urea groups is 1. The molecular weight excluding hydrogens is 306 g/mol. The van der Waals surface area contributed by atoms with E-state index in [-0.39, 0.29) is 6.03 Å². The molecular formula is C18H19N3O3. The summed E-state index contributed by atoms with van der Waals surface area (Å²) in [4.78, 5) is 16.6. The summed E-state index contributed by atoms with van der Waals surface area (Å²) in [7, 11) is 2.94. The molecule has 0 fully saturated rings. The van der Waals surface area contributed by atoms with Crippen LogP contribution in [-0.4, -0.2) is 31.9 Å². The van der Waals surface area contributed by atoms with E-state index in [9.17, 15) is 4.79 Å². The first kappa shape index (κ1) is 17.3. The Labute approximate surface area is 141 Å². The lowest BCUT2D eigenvalue weighted by atomic mass is 10.1. The average Bonchev–Trinajstić information content (AvgIpc) is 2.61. The Hall–Kier alpha value is -3.04. The summed E-state index contributed by atoms with van der Waals surface area (Å²) in [6.07, 6.45) is 0.693. The highest BCUT2D eigenvalue weighted by Crippen LogP contribution is 2.18. The molecule has 2 aromatic rings. The number of hydroxylamine groups is 2. The summed E-state index contributed by atoms with van der Waals surface area (Å²) in [5.41, 5.74) is 2.30. The molecule has 0 spiro atoms. The summed E-state index contributed by atoms with van der Waals surface area (Å²) in [5, 5.41) is 12.7. The molecule has 0 atom stereocenters. The third-order valence-electron chi connectivity index (χ3n) is 3.36. The quantitative estimate of drug-likeness (QED) is 0.828. The molecule has 2 rings (SSSR count). The normalized spacial score (nSPS) is 9.88. The minimum Gasteiger partial charge on any atom is -0.493 e. The summed E-state index contributed by atoms with van der Waals surface area (Å²) < 4.78 is 5.71. The molecule has 6 nitrogen and oxygen atoms in total. The molecule has 0 aromatic heterocycles. The van der Waals surface area contributed by atoms with Gasteiger partial charge in [0.25, 0.3) is 0 Å². The number of rotatable bonds is 6. The third-order valence-corrected chi connectivity index (χ3v) is 3.36. The number of nitrogens with one attached hydrogen (secondary N) is 1. The molecule has 0 aliphatic carbocycles. The predicted octanol–water partition coefficient (Wildman–Crippen LogP) is 3.20. The summed E-state index contributed by atoms with van der Waals surface area (Å²) >= 11 is 0. The van der Waals surface area contributed by atoms with Crippen molar-refractivity contribution in [3.05, 3.63) is 59.7 Å². The van der Waals surface area contributed by atoms with Crippen LogP contribution in [0, 0.1) is 11.3 Å². The molecule has 0 bridgehead atoms. The van der Waals surface area contributed by atoms with E-state index in [1.54, 1.807) is 24.3 Å². The maximum atomic E-state index is 11.7. The topological polar surface area (TPSA) is 74.6 Å². The molecule has 0 aliphatic rings. The van der Waals surface area contributed by atoms with E-state index in [1.807, 2.05) is 24.3 Å². The van der Waals surface area contributed by atoms with Gasteiger partial charge < -0.3 is 10.1 Å². The van der Waals surface area contributed by atoms with Crippen LogP contribution in [0.15, 0.2) is 48.5 Å². The minimum absolute atomic E-state index is 0.372. The van der Waals surface area contributed by atoms with E-state index in [1.165, 1.54) is 14.2 Å². The van der Waals surface area contributed by atoms with Crippen LogP contribution in [0.5, 0.6) is 5.75 Å². The van der Waals surface area contributed by atoms with Crippen molar-refractivity contribution in [1.82, 2.24) is 5.06 Å². The Morgan fingerprint density at radius 3 is 2.79 bits per heavy atom. The van der Waals surface area contributed by atoms with Crippen molar-refractivity contribution in [2.75, 3.05) is 26.1 Å². The Balaban J connectivity index is 1.90. The molecule has 0 saturated heterocycles. The van der Waals surface area contributed by atoms with Crippen molar-refractivity contribution < 1.29 is 14.4 Å². The van der Waals surface area contributed by atoms with Crippen LogP contribution in [0.4, 0.5) is 10.5 Å². The van der Waals surface area contributed by atoms with Gasteiger partial charge in [-0.15, -0.1) is 0 Å². The van der Waals surface area contributed by atoms with Gasteiger partial charge in [-0.3, -0.25) is 4.84 Å². The summed E-state index contributed by atoms with van der Waals surface area (Å²) in [6.45, 7) is 0.476. The zero-order valence-electron chi connectivity index (χ0n) is 13.7. The monoisotopic (exact) mass is 325 g/mol. The smallest absolute Gasteiger partial charge is 0.345 e. The fourth-order valence-corrected chi connectivity index (χ4v) is 2.03. The number of carbonyl (C=O) groups excluding carboxylic acids is 1. The van der Waals surface area contributed by atoms with Gasteiger partial charge in [0.05, 0.1) is 25.3 Å². The Bertz CT molecular complexity index is 740. The van der Waals surface area contributed by atoms with Crippen LogP contribution in [0.2, 0.25) is 0 Å². The van der Waals surface area contributed by atoms with Crippen molar-refractivity contribution in [2.24, 2.45) is 0 Å². The van der Waals surface area contributed by atoms with Crippen molar-refractivity contribution in [1.29, 1.82) is 5.26 Å². The number of amides is 2. The van der Waals surface area contributed by atoms with E-state index < -0.39 is 0 Å². The molecule has 0 aliphatic heterocycles. The van der Waals surface area contributed by atoms with Crippen LogP contribution in [0.1, 0.15) is 11.1 Å². The van der Waals surface area contributed by atoms with E-state index in [4.69, 9.17) is 14.8 Å². The van der Waals surface area contributed by atoms with Crippen LogP contribution in [0.3, 0.4) is 0 Å². The molecule has 0 saturated carbocycles. The first-order valence-electron chi connectivity index (χ1n) is 7.43. The first-order valence-corrected chi connectivity index (χ1v) is 7.43. The molecule has 0 unspecified atom stereocenters. The number of nitrogens with zero attached hydrogens (tertiary/aromatic N) is 2. The lowest BCUT2D eigenvalue weighted by Gasteiger charge is -2.15. The van der Waals surface area contributed by atoms with Gasteiger partial charge in [-0.1, -0.05) is 18.2 Å². The number of nitriles is 1. The SMILES string of the molecule is CON(C)C(=O)Nc1cccc(OCCc2cccc(C#N)c2)c1. The minimum atomic E-state index is -0.372. The van der Waals surface area contributed by atoms with Gasteiger partial charge in [0.2, 0.25) is 0 Å². The number of hydrogen-bond donors (Lipinski definition) is 1. The highest BCUT2D eigenvalue weighted by molar-refractivity contribution is 5.88. The van der Waals surface area contributed by atoms with Gasteiger partial charge >= 0.3 is 6.03 Å². The summed E-state index contributed by atoms with van der Waals surface area (Å²) in [5.74, 6) is 0.657. The van der Waals surface area contributed by atoms with Crippen LogP contribution >= 0.6 is 0 Å². The molecule has 6 heteroatoms. The molecule has 124 valence electrons. The second-order valence-electron chi connectivity index (χ2n) is 5.05. The second kappa shape index (κ2) is 8.56. The molecule has 2 amide bonds. The Morgan fingerprint density at radius 2 is 2.04 bits per heavy atom. The summed E-state index contributed by atoms with van der Waals surface area (Å²) in [6, 6.07) is 16.3. The largest absolute Gasteiger partial charge is 0.493 e. The Kier molecular flexibility index (Phi) is 6.17. The van der Waals surface area contributed by atoms with E-state index in [0.717, 1.165) is 10.6 Å². The van der Waals surface area contributed by atoms with Crippen molar-refractivity contribution in [3.8, 4) is 11.8 Å².